The largest absolute Gasteiger partial charge is 0.463 e. The van der Waals surface area contributed by atoms with Crippen molar-refractivity contribution in [2.45, 2.75) is 49.1 Å². The van der Waals surface area contributed by atoms with Gasteiger partial charge in [-0.2, -0.15) is 0 Å². The molecule has 1 aliphatic carbocycles. The normalized spacial score (nSPS) is 27.9. The molecule has 1 aliphatic heterocycles. The highest BCUT2D eigenvalue weighted by molar-refractivity contribution is 7.15. The van der Waals surface area contributed by atoms with Crippen molar-refractivity contribution < 1.29 is 24.5 Å². The zero-order chi connectivity index (χ0) is 20.9. The van der Waals surface area contributed by atoms with Gasteiger partial charge in [-0.1, -0.05) is 23.7 Å². The fraction of sp³-hybridized carbons (Fsp3) is 0.409. The molecule has 0 bridgehead atoms. The van der Waals surface area contributed by atoms with Crippen LogP contribution < -0.4 is 0 Å². The second-order valence-corrected chi connectivity index (χ2v) is 9.42. The molecular weight excluding hydrogens is 426 g/mol. The minimum absolute atomic E-state index is 0.202. The Hall–Kier alpha value is -1.74. The Bertz CT molecular complexity index is 1030. The Morgan fingerprint density at radius 3 is 2.77 bits per heavy atom. The van der Waals surface area contributed by atoms with Crippen molar-refractivity contribution in [3.05, 3.63) is 63.9 Å². The van der Waals surface area contributed by atoms with Gasteiger partial charge in [-0.05, 0) is 42.2 Å². The Kier molecular flexibility index (Phi) is 5.21. The van der Waals surface area contributed by atoms with Gasteiger partial charge in [0, 0.05) is 23.1 Å². The average Bonchev–Trinajstić information content (AvgIpc) is 3.16. The zero-order valence-electron chi connectivity index (χ0n) is 16.1. The highest BCUT2D eigenvalue weighted by Gasteiger charge is 2.50. The van der Waals surface area contributed by atoms with E-state index in [0.29, 0.717) is 5.02 Å². The smallest absolute Gasteiger partial charge is 0.145 e. The zero-order valence-corrected chi connectivity index (χ0v) is 17.6. The predicted molar refractivity (Wildman–Crippen MR) is 113 cm³/mol. The molecule has 1 saturated heterocycles. The van der Waals surface area contributed by atoms with Crippen LogP contribution in [-0.4, -0.2) is 45.2 Å². The highest BCUT2D eigenvalue weighted by Crippen LogP contribution is 2.57. The van der Waals surface area contributed by atoms with Crippen molar-refractivity contribution >= 4 is 22.9 Å². The molecule has 0 radical (unpaired) electrons. The van der Waals surface area contributed by atoms with Gasteiger partial charge in [0.2, 0.25) is 0 Å². The molecule has 6 nitrogen and oxygen atoms in total. The van der Waals surface area contributed by atoms with E-state index >= 15 is 0 Å². The van der Waals surface area contributed by atoms with Gasteiger partial charge in [-0.15, -0.1) is 11.3 Å². The fourth-order valence-corrected chi connectivity index (χ4v) is 5.63. The molecule has 0 unspecified atom stereocenters. The van der Waals surface area contributed by atoms with Gasteiger partial charge in [0.25, 0.3) is 0 Å². The van der Waals surface area contributed by atoms with Crippen LogP contribution in [-0.2, 0) is 10.2 Å². The highest BCUT2D eigenvalue weighted by atomic mass is 35.5. The summed E-state index contributed by atoms with van der Waals surface area (Å²) in [5.74, 6) is 0.789. The lowest BCUT2D eigenvalue weighted by Crippen LogP contribution is -2.44. The number of furan rings is 1. The molecule has 1 saturated carbocycles. The standard InChI is InChI=1S/C22H22ClNO5S/c23-15-4-3-12(20-19(27)16(26)9-13(11-25)29-20)8-14(15)22(5-6-22)21-24-10-18(30-21)17-2-1-7-28-17/h1-4,7-8,10,13,16,19-20,25-27H,5-6,9,11H2/t13-,16-,19+,20-/m0/s1. The SMILES string of the molecule is OC[C@@H]1C[C@H](O)[C@@H](O)[C@H](c2ccc(Cl)c(C3(c4ncc(-c5ccco5)s4)CC3)c2)O1. The molecule has 0 spiro atoms. The first kappa shape index (κ1) is 20.2. The van der Waals surface area contributed by atoms with Crippen LogP contribution in [0.2, 0.25) is 5.02 Å². The number of thiazole rings is 1. The van der Waals surface area contributed by atoms with E-state index in [1.165, 1.54) is 0 Å². The molecule has 30 heavy (non-hydrogen) atoms. The van der Waals surface area contributed by atoms with E-state index in [-0.39, 0.29) is 18.4 Å². The number of hydrogen-bond acceptors (Lipinski definition) is 7. The first-order valence-corrected chi connectivity index (χ1v) is 11.1. The van der Waals surface area contributed by atoms with Gasteiger partial charge >= 0.3 is 0 Å². The van der Waals surface area contributed by atoms with E-state index in [2.05, 4.69) is 4.98 Å². The lowest BCUT2D eigenvalue weighted by atomic mass is 9.89. The maximum absolute atomic E-state index is 10.5. The maximum atomic E-state index is 10.5. The third-order valence-electron chi connectivity index (χ3n) is 6.02. The van der Waals surface area contributed by atoms with Crippen LogP contribution in [0.3, 0.4) is 0 Å². The van der Waals surface area contributed by atoms with E-state index in [1.54, 1.807) is 29.7 Å². The van der Waals surface area contributed by atoms with Crippen LogP contribution in [0.1, 0.15) is 41.5 Å². The van der Waals surface area contributed by atoms with Crippen molar-refractivity contribution in [3.63, 3.8) is 0 Å². The number of hydrogen-bond donors (Lipinski definition) is 3. The van der Waals surface area contributed by atoms with Gasteiger partial charge < -0.3 is 24.5 Å². The second kappa shape index (κ2) is 7.75. The molecule has 2 aliphatic rings. The lowest BCUT2D eigenvalue weighted by Gasteiger charge is -2.37. The molecule has 3 N–H and O–H groups in total. The summed E-state index contributed by atoms with van der Waals surface area (Å²) in [6.07, 6.45) is 2.26. The molecule has 3 aromatic rings. The number of benzene rings is 1. The second-order valence-electron chi connectivity index (χ2n) is 7.98. The molecule has 2 aromatic heterocycles. The van der Waals surface area contributed by atoms with Crippen molar-refractivity contribution in [2.24, 2.45) is 0 Å². The number of nitrogens with zero attached hydrogens (tertiary/aromatic N) is 1. The first-order chi connectivity index (χ1) is 14.5. The van der Waals surface area contributed by atoms with Crippen molar-refractivity contribution in [3.8, 4) is 10.6 Å². The van der Waals surface area contributed by atoms with E-state index in [9.17, 15) is 15.3 Å². The number of aromatic nitrogens is 1. The van der Waals surface area contributed by atoms with Crippen molar-refractivity contribution in [1.29, 1.82) is 0 Å². The van der Waals surface area contributed by atoms with Gasteiger partial charge in [-0.25, -0.2) is 4.98 Å². The van der Waals surface area contributed by atoms with Gasteiger partial charge in [-0.3, -0.25) is 0 Å². The topological polar surface area (TPSA) is 96.0 Å². The van der Waals surface area contributed by atoms with Crippen LogP contribution in [0.4, 0.5) is 0 Å². The Morgan fingerprint density at radius 2 is 2.07 bits per heavy atom. The van der Waals surface area contributed by atoms with E-state index in [4.69, 9.17) is 20.8 Å². The molecule has 0 amide bonds. The molecule has 4 atom stereocenters. The van der Waals surface area contributed by atoms with Crippen molar-refractivity contribution in [1.82, 2.24) is 4.98 Å². The molecule has 3 heterocycles. The monoisotopic (exact) mass is 447 g/mol. The first-order valence-electron chi connectivity index (χ1n) is 9.94. The number of rotatable bonds is 5. The van der Waals surface area contributed by atoms with Crippen LogP contribution in [0.15, 0.2) is 47.2 Å². The summed E-state index contributed by atoms with van der Waals surface area (Å²) in [5.41, 5.74) is 1.41. The minimum atomic E-state index is -1.07. The summed E-state index contributed by atoms with van der Waals surface area (Å²) in [7, 11) is 0. The van der Waals surface area contributed by atoms with Crippen molar-refractivity contribution in [2.75, 3.05) is 6.61 Å². The number of aliphatic hydroxyl groups excluding tert-OH is 3. The van der Waals surface area contributed by atoms with Crippen LogP contribution in [0.25, 0.3) is 10.6 Å². The Morgan fingerprint density at radius 1 is 1.23 bits per heavy atom. The third-order valence-corrected chi connectivity index (χ3v) is 7.56. The Labute approximate surface area is 182 Å². The quantitative estimate of drug-likeness (QED) is 0.552. The third kappa shape index (κ3) is 3.39. The van der Waals surface area contributed by atoms with Crippen LogP contribution in [0.5, 0.6) is 0 Å². The molecule has 158 valence electrons. The average molecular weight is 448 g/mol. The van der Waals surface area contributed by atoms with Gasteiger partial charge in [0.1, 0.15) is 23.0 Å². The van der Waals surface area contributed by atoms with E-state index in [1.807, 2.05) is 24.4 Å². The number of ether oxygens (including phenoxy) is 1. The van der Waals surface area contributed by atoms with Crippen LogP contribution >= 0.6 is 22.9 Å². The van der Waals surface area contributed by atoms with E-state index in [0.717, 1.165) is 39.6 Å². The summed E-state index contributed by atoms with van der Waals surface area (Å²) in [6, 6.07) is 9.32. The summed E-state index contributed by atoms with van der Waals surface area (Å²) in [4.78, 5) is 5.63. The summed E-state index contributed by atoms with van der Waals surface area (Å²) in [5, 5.41) is 31.8. The van der Waals surface area contributed by atoms with Gasteiger partial charge in [0.15, 0.2) is 0 Å². The van der Waals surface area contributed by atoms with E-state index < -0.39 is 24.4 Å². The minimum Gasteiger partial charge on any atom is -0.463 e. The molecule has 1 aromatic carbocycles. The summed E-state index contributed by atoms with van der Waals surface area (Å²) >= 11 is 8.20. The number of halogens is 1. The lowest BCUT2D eigenvalue weighted by molar-refractivity contribution is -0.179. The summed E-state index contributed by atoms with van der Waals surface area (Å²) < 4.78 is 11.4. The summed E-state index contributed by atoms with van der Waals surface area (Å²) in [6.45, 7) is -0.209. The predicted octanol–water partition coefficient (Wildman–Crippen LogP) is 3.68. The fourth-order valence-electron chi connectivity index (χ4n) is 4.19. The Balaban J connectivity index is 1.49. The van der Waals surface area contributed by atoms with Crippen LogP contribution in [0, 0.1) is 0 Å². The molecule has 5 rings (SSSR count). The van der Waals surface area contributed by atoms with Gasteiger partial charge in [0.05, 0.1) is 30.0 Å². The number of aliphatic hydroxyl groups is 3. The molecule has 2 fully saturated rings. The molecule has 8 heteroatoms. The molecular formula is C22H22ClNO5S. The maximum Gasteiger partial charge on any atom is 0.145 e.